The van der Waals surface area contributed by atoms with Crippen LogP contribution in [0.2, 0.25) is 0 Å². The molecule has 0 fully saturated rings. The molecule has 0 bridgehead atoms. The Labute approximate surface area is 146 Å². The lowest BCUT2D eigenvalue weighted by atomic mass is 10.0. The van der Waals surface area contributed by atoms with Gasteiger partial charge in [0.05, 0.1) is 0 Å². The zero-order chi connectivity index (χ0) is 17.9. The maximum atomic E-state index is 13.5. The molecule has 0 saturated heterocycles. The van der Waals surface area contributed by atoms with E-state index in [1.165, 1.54) is 25.7 Å². The van der Waals surface area contributed by atoms with Crippen molar-refractivity contribution in [1.82, 2.24) is 0 Å². The van der Waals surface area contributed by atoms with Crippen LogP contribution in [0.5, 0.6) is 0 Å². The van der Waals surface area contributed by atoms with Crippen molar-refractivity contribution in [3.63, 3.8) is 0 Å². The van der Waals surface area contributed by atoms with E-state index in [0.29, 0.717) is 6.42 Å². The fourth-order valence-electron chi connectivity index (χ4n) is 2.70. The van der Waals surface area contributed by atoms with Crippen molar-refractivity contribution in [1.29, 1.82) is 0 Å². The van der Waals surface area contributed by atoms with Gasteiger partial charge in [-0.15, -0.1) is 0 Å². The highest BCUT2D eigenvalue weighted by molar-refractivity contribution is 7.80. The van der Waals surface area contributed by atoms with Crippen molar-refractivity contribution < 1.29 is 22.0 Å². The van der Waals surface area contributed by atoms with Gasteiger partial charge in [-0.1, -0.05) is 51.4 Å². The summed E-state index contributed by atoms with van der Waals surface area (Å²) in [5, 5.41) is 0. The Morgan fingerprint density at radius 2 is 0.792 bits per heavy atom. The predicted molar refractivity (Wildman–Crippen MR) is 90.0 cm³/mol. The number of benzene rings is 1. The molecule has 0 nitrogen and oxygen atoms in total. The van der Waals surface area contributed by atoms with Gasteiger partial charge in [-0.2, -0.15) is 12.6 Å². The van der Waals surface area contributed by atoms with E-state index >= 15 is 0 Å². The topological polar surface area (TPSA) is 0 Å². The molecule has 24 heavy (non-hydrogen) atoms. The Bertz CT molecular complexity index is 476. The molecule has 0 aliphatic rings. The first kappa shape index (κ1) is 21.3. The Balaban J connectivity index is 2.20. The van der Waals surface area contributed by atoms with Crippen molar-refractivity contribution in [3.8, 4) is 0 Å². The molecule has 0 radical (unpaired) electrons. The summed E-state index contributed by atoms with van der Waals surface area (Å²) >= 11 is 4.16. The molecule has 0 unspecified atom stereocenters. The number of thiol groups is 1. The molecule has 0 heterocycles. The molecular weight excluding hydrogens is 343 g/mol. The summed E-state index contributed by atoms with van der Waals surface area (Å²) in [4.78, 5) is 0. The lowest BCUT2D eigenvalue weighted by Gasteiger charge is -2.08. The minimum absolute atomic E-state index is 0.129. The van der Waals surface area contributed by atoms with E-state index in [2.05, 4.69) is 12.6 Å². The molecule has 1 aromatic rings. The monoisotopic (exact) mass is 368 g/mol. The van der Waals surface area contributed by atoms with Crippen LogP contribution in [0.15, 0.2) is 0 Å². The zero-order valence-corrected chi connectivity index (χ0v) is 14.7. The average molecular weight is 368 g/mol. The largest absolute Gasteiger partial charge is 0.203 e. The molecular formula is C18H25F5S. The summed E-state index contributed by atoms with van der Waals surface area (Å²) in [7, 11) is 0. The quantitative estimate of drug-likeness (QED) is 0.136. The molecule has 0 aromatic heterocycles. The average Bonchev–Trinajstić information content (AvgIpc) is 2.58. The summed E-state index contributed by atoms with van der Waals surface area (Å²) in [6.45, 7) is 0. The molecule has 0 amide bonds. The van der Waals surface area contributed by atoms with Crippen LogP contribution in [0.4, 0.5) is 22.0 Å². The highest BCUT2D eigenvalue weighted by atomic mass is 32.1. The van der Waals surface area contributed by atoms with Gasteiger partial charge >= 0.3 is 0 Å². The maximum Gasteiger partial charge on any atom is 0.200 e. The SMILES string of the molecule is Fc1c(F)c(F)c(CCCCCCCCCCCCS)c(F)c1F. The predicted octanol–water partition coefficient (Wildman–Crippen LogP) is 6.76. The van der Waals surface area contributed by atoms with Crippen molar-refractivity contribution in [2.45, 2.75) is 70.6 Å². The smallest absolute Gasteiger partial charge is 0.200 e. The first-order chi connectivity index (χ1) is 11.5. The number of hydrogen-bond acceptors (Lipinski definition) is 1. The van der Waals surface area contributed by atoms with Gasteiger partial charge in [0.15, 0.2) is 23.3 Å². The third kappa shape index (κ3) is 6.61. The fraction of sp³-hybridized carbons (Fsp3) is 0.667. The van der Waals surface area contributed by atoms with E-state index in [1.807, 2.05) is 0 Å². The third-order valence-electron chi connectivity index (χ3n) is 4.14. The van der Waals surface area contributed by atoms with E-state index in [-0.39, 0.29) is 6.42 Å². The molecule has 0 spiro atoms. The minimum Gasteiger partial charge on any atom is -0.203 e. The van der Waals surface area contributed by atoms with E-state index in [9.17, 15) is 22.0 Å². The van der Waals surface area contributed by atoms with E-state index in [1.54, 1.807) is 0 Å². The summed E-state index contributed by atoms with van der Waals surface area (Å²) in [5.41, 5.74) is -0.699. The summed E-state index contributed by atoms with van der Waals surface area (Å²) in [6, 6.07) is 0. The molecule has 1 aromatic carbocycles. The first-order valence-electron chi connectivity index (χ1n) is 8.61. The van der Waals surface area contributed by atoms with Gasteiger partial charge < -0.3 is 0 Å². The number of rotatable bonds is 12. The number of halogens is 5. The Morgan fingerprint density at radius 1 is 0.458 bits per heavy atom. The van der Waals surface area contributed by atoms with Crippen LogP contribution in [0.3, 0.4) is 0 Å². The van der Waals surface area contributed by atoms with Crippen LogP contribution in [0, 0.1) is 29.1 Å². The highest BCUT2D eigenvalue weighted by Crippen LogP contribution is 2.24. The van der Waals surface area contributed by atoms with Crippen molar-refractivity contribution in [2.24, 2.45) is 0 Å². The second kappa shape index (κ2) is 11.7. The number of unbranched alkanes of at least 4 members (excludes halogenated alkanes) is 9. The Hall–Kier alpha value is -0.780. The molecule has 0 atom stereocenters. The third-order valence-corrected chi connectivity index (χ3v) is 4.45. The minimum atomic E-state index is -2.09. The standard InChI is InChI=1S/C18H25F5S/c19-14-13(15(20)17(22)18(23)16(14)21)11-9-7-5-3-1-2-4-6-8-10-12-24/h24H,1-12H2. The lowest BCUT2D eigenvalue weighted by molar-refractivity contribution is 0.368. The van der Waals surface area contributed by atoms with Crippen LogP contribution in [0.1, 0.15) is 69.8 Å². The van der Waals surface area contributed by atoms with Crippen LogP contribution >= 0.6 is 12.6 Å². The summed E-state index contributed by atoms with van der Waals surface area (Å²) in [6.07, 6.45) is 10.0. The van der Waals surface area contributed by atoms with Gasteiger partial charge in [0.2, 0.25) is 5.82 Å². The zero-order valence-electron chi connectivity index (χ0n) is 13.8. The van der Waals surface area contributed by atoms with Gasteiger partial charge in [-0.05, 0) is 25.0 Å². The molecule has 6 heteroatoms. The van der Waals surface area contributed by atoms with Crippen LogP contribution < -0.4 is 0 Å². The Kier molecular flexibility index (Phi) is 10.4. The first-order valence-corrected chi connectivity index (χ1v) is 9.25. The number of hydrogen-bond donors (Lipinski definition) is 1. The molecule has 0 aliphatic carbocycles. The van der Waals surface area contributed by atoms with E-state index in [0.717, 1.165) is 37.9 Å². The molecule has 1 rings (SSSR count). The van der Waals surface area contributed by atoms with Crippen LogP contribution in [-0.2, 0) is 6.42 Å². The van der Waals surface area contributed by atoms with Gasteiger partial charge in [-0.3, -0.25) is 0 Å². The van der Waals surface area contributed by atoms with Crippen LogP contribution in [-0.4, -0.2) is 5.75 Å². The summed E-state index contributed by atoms with van der Waals surface area (Å²) in [5.74, 6) is -8.28. The van der Waals surface area contributed by atoms with Gasteiger partial charge in [0.25, 0.3) is 0 Å². The van der Waals surface area contributed by atoms with Crippen molar-refractivity contribution in [3.05, 3.63) is 34.6 Å². The molecule has 138 valence electrons. The fourth-order valence-corrected chi connectivity index (χ4v) is 2.92. The molecule has 0 N–H and O–H groups in total. The van der Waals surface area contributed by atoms with E-state index < -0.39 is 34.6 Å². The van der Waals surface area contributed by atoms with Crippen LogP contribution in [0.25, 0.3) is 0 Å². The molecule has 0 aliphatic heterocycles. The Morgan fingerprint density at radius 3 is 1.21 bits per heavy atom. The van der Waals surface area contributed by atoms with Gasteiger partial charge in [0, 0.05) is 5.56 Å². The van der Waals surface area contributed by atoms with Gasteiger partial charge in [0.1, 0.15) is 0 Å². The lowest BCUT2D eigenvalue weighted by Crippen LogP contribution is -2.07. The van der Waals surface area contributed by atoms with E-state index in [4.69, 9.17) is 0 Å². The second-order valence-corrected chi connectivity index (χ2v) is 6.50. The maximum absolute atomic E-state index is 13.5. The molecule has 0 saturated carbocycles. The second-order valence-electron chi connectivity index (χ2n) is 6.06. The summed E-state index contributed by atoms with van der Waals surface area (Å²) < 4.78 is 66.0. The van der Waals surface area contributed by atoms with Crippen molar-refractivity contribution >= 4 is 12.6 Å². The van der Waals surface area contributed by atoms with Gasteiger partial charge in [-0.25, -0.2) is 22.0 Å². The van der Waals surface area contributed by atoms with Crippen molar-refractivity contribution in [2.75, 3.05) is 5.75 Å². The normalized spacial score (nSPS) is 11.2. The highest BCUT2D eigenvalue weighted by Gasteiger charge is 2.24.